The van der Waals surface area contributed by atoms with Gasteiger partial charge in [-0.15, -0.1) is 11.3 Å². The van der Waals surface area contributed by atoms with Crippen LogP contribution in [0.3, 0.4) is 0 Å². The zero-order valence-corrected chi connectivity index (χ0v) is 9.66. The average Bonchev–Trinajstić information content (AvgIpc) is 2.74. The van der Waals surface area contributed by atoms with Gasteiger partial charge in [-0.2, -0.15) is 11.8 Å². The molecule has 1 aliphatic heterocycles. The van der Waals surface area contributed by atoms with Gasteiger partial charge in [-0.1, -0.05) is 0 Å². The van der Waals surface area contributed by atoms with Crippen LogP contribution in [0, 0.1) is 0 Å². The van der Waals surface area contributed by atoms with E-state index in [4.69, 9.17) is 0 Å². The highest BCUT2D eigenvalue weighted by Gasteiger charge is 2.42. The molecule has 1 saturated heterocycles. The van der Waals surface area contributed by atoms with Gasteiger partial charge in [-0.05, 0) is 25.0 Å². The Labute approximate surface area is 92.5 Å². The lowest BCUT2D eigenvalue weighted by Gasteiger charge is -2.27. The first-order chi connectivity index (χ1) is 6.89. The van der Waals surface area contributed by atoms with Crippen LogP contribution in [0.5, 0.6) is 0 Å². The van der Waals surface area contributed by atoms with Crippen molar-refractivity contribution in [3.8, 4) is 0 Å². The Kier molecular flexibility index (Phi) is 2.30. The van der Waals surface area contributed by atoms with Gasteiger partial charge in [0, 0.05) is 23.4 Å². The molecule has 1 unspecified atom stereocenters. The van der Waals surface area contributed by atoms with Crippen LogP contribution < -0.4 is 5.32 Å². The SMILES string of the molecule is c1csc(C2(NC3CC3)CCSC2)n1. The standard InChI is InChI=1S/C10H14N2S2/c1-2-8(1)12-10(3-5-13-7-10)9-11-4-6-14-9/h4,6,8,12H,1-3,5,7H2. The van der Waals surface area contributed by atoms with Crippen LogP contribution in [0.15, 0.2) is 11.6 Å². The third kappa shape index (κ3) is 1.59. The van der Waals surface area contributed by atoms with Crippen molar-refractivity contribution in [1.82, 2.24) is 10.3 Å². The van der Waals surface area contributed by atoms with Gasteiger partial charge in [-0.3, -0.25) is 0 Å². The highest BCUT2D eigenvalue weighted by molar-refractivity contribution is 7.99. The summed E-state index contributed by atoms with van der Waals surface area (Å²) in [6.45, 7) is 0. The zero-order chi connectivity index (χ0) is 9.43. The molecule has 1 saturated carbocycles. The summed E-state index contributed by atoms with van der Waals surface area (Å²) in [4.78, 5) is 4.49. The summed E-state index contributed by atoms with van der Waals surface area (Å²) in [5, 5.41) is 7.19. The van der Waals surface area contributed by atoms with Crippen molar-refractivity contribution in [2.24, 2.45) is 0 Å². The molecule has 0 radical (unpaired) electrons. The number of nitrogens with zero attached hydrogens (tertiary/aromatic N) is 1. The van der Waals surface area contributed by atoms with E-state index in [9.17, 15) is 0 Å². The second kappa shape index (κ2) is 3.51. The summed E-state index contributed by atoms with van der Waals surface area (Å²) in [7, 11) is 0. The first-order valence-corrected chi connectivity index (χ1v) is 7.18. The van der Waals surface area contributed by atoms with Gasteiger partial charge in [-0.25, -0.2) is 4.98 Å². The second-order valence-corrected chi connectivity index (χ2v) is 6.14. The van der Waals surface area contributed by atoms with E-state index in [2.05, 4.69) is 27.4 Å². The van der Waals surface area contributed by atoms with E-state index >= 15 is 0 Å². The van der Waals surface area contributed by atoms with E-state index in [0.717, 1.165) is 6.04 Å². The minimum atomic E-state index is 0.222. The second-order valence-electron chi connectivity index (χ2n) is 4.14. The van der Waals surface area contributed by atoms with Gasteiger partial charge in [0.05, 0.1) is 5.54 Å². The molecule has 1 aromatic heterocycles. The molecule has 4 heteroatoms. The molecule has 1 N–H and O–H groups in total. The van der Waals surface area contributed by atoms with Crippen molar-refractivity contribution in [3.05, 3.63) is 16.6 Å². The lowest BCUT2D eigenvalue weighted by molar-refractivity contribution is 0.371. The van der Waals surface area contributed by atoms with Crippen molar-refractivity contribution in [1.29, 1.82) is 0 Å². The Bertz CT molecular complexity index is 300. The molecule has 0 amide bonds. The first kappa shape index (κ1) is 9.19. The lowest BCUT2D eigenvalue weighted by atomic mass is 10.00. The van der Waals surface area contributed by atoms with E-state index in [1.807, 2.05) is 6.20 Å². The zero-order valence-electron chi connectivity index (χ0n) is 8.03. The number of hydrogen-bond acceptors (Lipinski definition) is 4. The van der Waals surface area contributed by atoms with Crippen molar-refractivity contribution in [3.63, 3.8) is 0 Å². The summed E-state index contributed by atoms with van der Waals surface area (Å²) in [6, 6.07) is 0.776. The van der Waals surface area contributed by atoms with E-state index in [1.54, 1.807) is 11.3 Å². The molecule has 1 aromatic rings. The molecular formula is C10H14N2S2. The van der Waals surface area contributed by atoms with Gasteiger partial charge < -0.3 is 5.32 Å². The fourth-order valence-corrected chi connectivity index (χ4v) is 4.26. The molecule has 0 bridgehead atoms. The summed E-state index contributed by atoms with van der Waals surface area (Å²) in [6.07, 6.45) is 5.90. The Morgan fingerprint density at radius 1 is 1.50 bits per heavy atom. The Morgan fingerprint density at radius 3 is 3.00 bits per heavy atom. The van der Waals surface area contributed by atoms with E-state index < -0.39 is 0 Å². The Hall–Kier alpha value is -0.0600. The molecule has 0 spiro atoms. The summed E-state index contributed by atoms with van der Waals surface area (Å²) < 4.78 is 0. The van der Waals surface area contributed by atoms with E-state index in [0.29, 0.717) is 0 Å². The number of thioether (sulfide) groups is 1. The van der Waals surface area contributed by atoms with Crippen LogP contribution in [-0.2, 0) is 5.54 Å². The minimum absolute atomic E-state index is 0.222. The number of thiazole rings is 1. The number of hydrogen-bond donors (Lipinski definition) is 1. The summed E-state index contributed by atoms with van der Waals surface area (Å²) in [5.41, 5.74) is 0.222. The molecule has 2 fully saturated rings. The average molecular weight is 226 g/mol. The van der Waals surface area contributed by atoms with Crippen LogP contribution in [0.4, 0.5) is 0 Å². The molecule has 2 aliphatic rings. The third-order valence-electron chi connectivity index (χ3n) is 2.92. The van der Waals surface area contributed by atoms with Gasteiger partial charge in [0.2, 0.25) is 0 Å². The van der Waals surface area contributed by atoms with Gasteiger partial charge in [0.15, 0.2) is 0 Å². The van der Waals surface area contributed by atoms with E-state index in [-0.39, 0.29) is 5.54 Å². The first-order valence-electron chi connectivity index (χ1n) is 5.14. The topological polar surface area (TPSA) is 24.9 Å². The van der Waals surface area contributed by atoms with Crippen molar-refractivity contribution in [2.45, 2.75) is 30.8 Å². The maximum absolute atomic E-state index is 4.49. The molecule has 3 rings (SSSR count). The predicted octanol–water partition coefficient (Wildman–Crippen LogP) is 2.23. The normalized spacial score (nSPS) is 32.3. The number of nitrogens with one attached hydrogen (secondary N) is 1. The van der Waals surface area contributed by atoms with Gasteiger partial charge in [0.1, 0.15) is 5.01 Å². The smallest absolute Gasteiger partial charge is 0.114 e. The van der Waals surface area contributed by atoms with Crippen molar-refractivity contribution in [2.75, 3.05) is 11.5 Å². The van der Waals surface area contributed by atoms with Gasteiger partial charge in [0.25, 0.3) is 0 Å². The molecule has 76 valence electrons. The molecule has 2 heterocycles. The van der Waals surface area contributed by atoms with Crippen LogP contribution in [0.2, 0.25) is 0 Å². The number of rotatable bonds is 3. The van der Waals surface area contributed by atoms with Crippen LogP contribution in [0.25, 0.3) is 0 Å². The summed E-state index contributed by atoms with van der Waals surface area (Å²) >= 11 is 3.86. The van der Waals surface area contributed by atoms with Crippen LogP contribution in [-0.4, -0.2) is 22.5 Å². The monoisotopic (exact) mass is 226 g/mol. The maximum Gasteiger partial charge on any atom is 0.114 e. The summed E-state index contributed by atoms with van der Waals surface area (Å²) in [5.74, 6) is 2.48. The largest absolute Gasteiger partial charge is 0.302 e. The minimum Gasteiger partial charge on any atom is -0.302 e. The molecule has 1 aliphatic carbocycles. The highest BCUT2D eigenvalue weighted by atomic mass is 32.2. The van der Waals surface area contributed by atoms with Crippen LogP contribution >= 0.6 is 23.1 Å². The van der Waals surface area contributed by atoms with Crippen LogP contribution in [0.1, 0.15) is 24.3 Å². The number of aromatic nitrogens is 1. The molecule has 0 aromatic carbocycles. The predicted molar refractivity (Wildman–Crippen MR) is 61.9 cm³/mol. The van der Waals surface area contributed by atoms with Gasteiger partial charge >= 0.3 is 0 Å². The highest BCUT2D eigenvalue weighted by Crippen LogP contribution is 2.40. The Morgan fingerprint density at radius 2 is 2.43 bits per heavy atom. The van der Waals surface area contributed by atoms with E-state index in [1.165, 1.54) is 35.8 Å². The fraction of sp³-hybridized carbons (Fsp3) is 0.700. The molecular weight excluding hydrogens is 212 g/mol. The maximum atomic E-state index is 4.49. The third-order valence-corrected chi connectivity index (χ3v) is 5.09. The van der Waals surface area contributed by atoms with Crippen molar-refractivity contribution < 1.29 is 0 Å². The fourth-order valence-electron chi connectivity index (χ4n) is 1.99. The molecule has 14 heavy (non-hydrogen) atoms. The molecule has 1 atom stereocenters. The van der Waals surface area contributed by atoms with Crippen molar-refractivity contribution >= 4 is 23.1 Å². The molecule has 2 nitrogen and oxygen atoms in total. The lowest BCUT2D eigenvalue weighted by Crippen LogP contribution is -2.43. The quantitative estimate of drug-likeness (QED) is 0.855. The Balaban J connectivity index is 1.86.